The Morgan fingerprint density at radius 2 is 1.87 bits per heavy atom. The Kier molecular flexibility index (Phi) is 4.38. The van der Waals surface area contributed by atoms with Gasteiger partial charge < -0.3 is 14.9 Å². The number of benzene rings is 1. The molecule has 156 valence electrons. The summed E-state index contributed by atoms with van der Waals surface area (Å²) in [4.78, 5) is 34.6. The summed E-state index contributed by atoms with van der Waals surface area (Å²) in [6.07, 6.45) is 5.40. The van der Waals surface area contributed by atoms with E-state index in [9.17, 15) is 9.59 Å². The number of hydrogen-bond acceptors (Lipinski definition) is 2. The Hall–Kier alpha value is -2.82. The van der Waals surface area contributed by atoms with Gasteiger partial charge in [0.25, 0.3) is 5.91 Å². The Bertz CT molecular complexity index is 1140. The third-order valence-electron chi connectivity index (χ3n) is 6.96. The van der Waals surface area contributed by atoms with Gasteiger partial charge in [-0.15, -0.1) is 0 Å². The number of piperidine rings is 1. The lowest BCUT2D eigenvalue weighted by molar-refractivity contribution is 0.0707. The molecule has 0 saturated carbocycles. The Balaban J connectivity index is 1.34. The second kappa shape index (κ2) is 6.86. The van der Waals surface area contributed by atoms with Crippen LogP contribution in [-0.4, -0.2) is 39.6 Å². The monoisotopic (exact) mass is 403 g/mol. The van der Waals surface area contributed by atoms with Crippen molar-refractivity contribution in [3.8, 4) is 0 Å². The number of amides is 1. The normalized spacial score (nSPS) is 19.3. The highest BCUT2D eigenvalue weighted by Crippen LogP contribution is 2.38. The van der Waals surface area contributed by atoms with Crippen LogP contribution in [0.15, 0.2) is 30.5 Å². The molecule has 1 aliphatic heterocycles. The van der Waals surface area contributed by atoms with E-state index < -0.39 is 0 Å². The lowest BCUT2D eigenvalue weighted by Crippen LogP contribution is -2.38. The van der Waals surface area contributed by atoms with Gasteiger partial charge in [0.2, 0.25) is 0 Å². The van der Waals surface area contributed by atoms with Crippen molar-refractivity contribution >= 4 is 22.6 Å². The fourth-order valence-corrected chi connectivity index (χ4v) is 5.43. The number of Topliss-reactive ketones (excluding diaryl/α,β-unsaturated/α-hetero) is 1. The van der Waals surface area contributed by atoms with Gasteiger partial charge in [-0.1, -0.05) is 32.0 Å². The number of H-pyrrole nitrogens is 2. The summed E-state index contributed by atoms with van der Waals surface area (Å²) in [5.41, 5.74) is 5.60. The van der Waals surface area contributed by atoms with Gasteiger partial charge in [-0.05, 0) is 54.7 Å². The van der Waals surface area contributed by atoms with E-state index in [1.807, 2.05) is 17.9 Å². The molecule has 1 fully saturated rings. The summed E-state index contributed by atoms with van der Waals surface area (Å²) in [7, 11) is 0. The first kappa shape index (κ1) is 19.2. The highest BCUT2D eigenvalue weighted by atomic mass is 16.2. The molecule has 0 unspecified atom stereocenters. The van der Waals surface area contributed by atoms with Gasteiger partial charge in [0.15, 0.2) is 5.78 Å². The quantitative estimate of drug-likeness (QED) is 0.634. The van der Waals surface area contributed by atoms with Gasteiger partial charge in [-0.2, -0.15) is 0 Å². The maximum absolute atomic E-state index is 13.3. The fourth-order valence-electron chi connectivity index (χ4n) is 5.43. The Labute approximate surface area is 176 Å². The molecule has 1 aliphatic carbocycles. The number of aromatic amines is 2. The van der Waals surface area contributed by atoms with Crippen molar-refractivity contribution in [3.63, 3.8) is 0 Å². The van der Waals surface area contributed by atoms with Crippen LogP contribution in [0.3, 0.4) is 0 Å². The van der Waals surface area contributed by atoms with Gasteiger partial charge in [0.05, 0.1) is 0 Å². The van der Waals surface area contributed by atoms with Crippen molar-refractivity contribution in [1.29, 1.82) is 0 Å². The van der Waals surface area contributed by atoms with Crippen molar-refractivity contribution in [3.05, 3.63) is 58.5 Å². The molecular weight excluding hydrogens is 374 g/mol. The smallest absolute Gasteiger partial charge is 0.270 e. The average Bonchev–Trinajstić information content (AvgIpc) is 3.28. The van der Waals surface area contributed by atoms with Crippen molar-refractivity contribution < 1.29 is 9.59 Å². The summed E-state index contributed by atoms with van der Waals surface area (Å²) in [6.45, 7) is 7.62. The number of ketones is 1. The van der Waals surface area contributed by atoms with Gasteiger partial charge in [0, 0.05) is 47.9 Å². The first-order chi connectivity index (χ1) is 14.3. The van der Waals surface area contributed by atoms with Crippen molar-refractivity contribution in [2.24, 2.45) is 5.41 Å². The highest BCUT2D eigenvalue weighted by Gasteiger charge is 2.36. The largest absolute Gasteiger partial charge is 0.361 e. The zero-order chi connectivity index (χ0) is 21.0. The SMILES string of the molecule is Cc1c(C(=O)N2CCC(c3c[nH]c4ccccc34)CC2)[nH]c2c1C(=O)CC(C)(C)C2. The van der Waals surface area contributed by atoms with Crippen molar-refractivity contribution in [1.82, 2.24) is 14.9 Å². The van der Waals surface area contributed by atoms with Crippen LogP contribution in [0, 0.1) is 12.3 Å². The molecule has 3 aromatic rings. The van der Waals surface area contributed by atoms with Gasteiger partial charge in [-0.3, -0.25) is 9.59 Å². The number of rotatable bonds is 2. The molecule has 0 radical (unpaired) electrons. The molecule has 0 atom stereocenters. The molecule has 0 spiro atoms. The molecule has 2 aliphatic rings. The number of likely N-dealkylation sites (tertiary alicyclic amines) is 1. The van der Waals surface area contributed by atoms with E-state index in [0.717, 1.165) is 49.2 Å². The molecule has 1 aromatic carbocycles. The van der Waals surface area contributed by atoms with E-state index >= 15 is 0 Å². The van der Waals surface area contributed by atoms with Crippen molar-refractivity contribution in [2.45, 2.75) is 52.4 Å². The predicted molar refractivity (Wildman–Crippen MR) is 118 cm³/mol. The molecule has 5 heteroatoms. The maximum Gasteiger partial charge on any atom is 0.270 e. The molecule has 2 aromatic heterocycles. The minimum atomic E-state index is -0.0562. The number of fused-ring (bicyclic) bond motifs is 2. The second-order valence-corrected chi connectivity index (χ2v) is 9.78. The zero-order valence-electron chi connectivity index (χ0n) is 18.0. The second-order valence-electron chi connectivity index (χ2n) is 9.78. The minimum Gasteiger partial charge on any atom is -0.361 e. The number of nitrogens with one attached hydrogen (secondary N) is 2. The van der Waals surface area contributed by atoms with E-state index in [-0.39, 0.29) is 17.1 Å². The van der Waals surface area contributed by atoms with Crippen LogP contribution >= 0.6 is 0 Å². The molecule has 1 amide bonds. The fraction of sp³-hybridized carbons (Fsp3) is 0.440. The Morgan fingerprint density at radius 1 is 1.13 bits per heavy atom. The molecule has 3 heterocycles. The molecule has 30 heavy (non-hydrogen) atoms. The van der Waals surface area contributed by atoms with Crippen LogP contribution in [0.25, 0.3) is 10.9 Å². The van der Waals surface area contributed by atoms with Crippen LogP contribution in [0.2, 0.25) is 0 Å². The number of nitrogens with zero attached hydrogens (tertiary/aromatic N) is 1. The van der Waals surface area contributed by atoms with E-state index in [2.05, 4.69) is 48.2 Å². The number of para-hydroxylation sites is 1. The lowest BCUT2D eigenvalue weighted by atomic mass is 9.75. The standard InChI is InChI=1S/C25H29N3O2/c1-15-22-20(12-25(2,3)13-21(22)29)27-23(15)24(30)28-10-8-16(9-11-28)18-14-26-19-7-5-4-6-17(18)19/h4-7,14,16,26-27H,8-13H2,1-3H3. The van der Waals surface area contributed by atoms with E-state index in [1.54, 1.807) is 0 Å². The van der Waals surface area contributed by atoms with E-state index in [0.29, 0.717) is 18.0 Å². The molecule has 1 saturated heterocycles. The number of carbonyl (C=O) groups excluding carboxylic acids is 2. The molecular formula is C25H29N3O2. The van der Waals surface area contributed by atoms with Crippen LogP contribution in [-0.2, 0) is 6.42 Å². The highest BCUT2D eigenvalue weighted by molar-refractivity contribution is 6.04. The van der Waals surface area contributed by atoms with Gasteiger partial charge >= 0.3 is 0 Å². The summed E-state index contributed by atoms with van der Waals surface area (Å²) in [5, 5.41) is 1.29. The molecule has 5 rings (SSSR count). The zero-order valence-corrected chi connectivity index (χ0v) is 18.0. The summed E-state index contributed by atoms with van der Waals surface area (Å²) in [6, 6.07) is 8.41. The summed E-state index contributed by atoms with van der Waals surface area (Å²) < 4.78 is 0. The molecule has 5 nitrogen and oxygen atoms in total. The lowest BCUT2D eigenvalue weighted by Gasteiger charge is -2.32. The molecule has 0 bridgehead atoms. The third-order valence-corrected chi connectivity index (χ3v) is 6.96. The van der Waals surface area contributed by atoms with Crippen LogP contribution in [0.5, 0.6) is 0 Å². The van der Waals surface area contributed by atoms with Crippen molar-refractivity contribution in [2.75, 3.05) is 13.1 Å². The van der Waals surface area contributed by atoms with Crippen LogP contribution in [0.4, 0.5) is 0 Å². The summed E-state index contributed by atoms with van der Waals surface area (Å²) >= 11 is 0. The maximum atomic E-state index is 13.3. The van der Waals surface area contributed by atoms with Crippen LogP contribution in [0.1, 0.15) is 76.7 Å². The minimum absolute atomic E-state index is 0.0323. The topological polar surface area (TPSA) is 69.0 Å². The van der Waals surface area contributed by atoms with E-state index in [4.69, 9.17) is 0 Å². The summed E-state index contributed by atoms with van der Waals surface area (Å²) in [5.74, 6) is 0.655. The average molecular weight is 404 g/mol. The van der Waals surface area contributed by atoms with Gasteiger partial charge in [-0.25, -0.2) is 0 Å². The Morgan fingerprint density at radius 3 is 2.63 bits per heavy atom. The van der Waals surface area contributed by atoms with Crippen LogP contribution < -0.4 is 0 Å². The number of carbonyl (C=O) groups is 2. The third kappa shape index (κ3) is 3.08. The first-order valence-electron chi connectivity index (χ1n) is 10.9. The van der Waals surface area contributed by atoms with E-state index in [1.165, 1.54) is 16.5 Å². The predicted octanol–water partition coefficient (Wildman–Crippen LogP) is 4.98. The molecule has 2 N–H and O–H groups in total. The number of aromatic nitrogens is 2. The first-order valence-corrected chi connectivity index (χ1v) is 10.9. The number of hydrogen-bond donors (Lipinski definition) is 2. The van der Waals surface area contributed by atoms with Gasteiger partial charge in [0.1, 0.15) is 5.69 Å².